The predicted octanol–water partition coefficient (Wildman–Crippen LogP) is 2.84. The van der Waals surface area contributed by atoms with E-state index in [2.05, 4.69) is 5.10 Å². The molecule has 0 saturated carbocycles. The van der Waals surface area contributed by atoms with Crippen molar-refractivity contribution in [2.75, 3.05) is 5.73 Å². The second-order valence-corrected chi connectivity index (χ2v) is 3.55. The number of aryl methyl sites for hydroxylation is 1. The standard InChI is InChI=1S/C10H10ClN3.ClH/c1-7-5-13-14(6-7)10-8(11)3-2-4-9(10)12;/h2-6H,12H2,1H3;1H. The first-order valence-electron chi connectivity index (χ1n) is 4.24. The lowest BCUT2D eigenvalue weighted by Crippen LogP contribution is -2.00. The number of aromatic nitrogens is 2. The van der Waals surface area contributed by atoms with Gasteiger partial charge in [0.15, 0.2) is 0 Å². The molecule has 0 saturated heterocycles. The van der Waals surface area contributed by atoms with Crippen molar-refractivity contribution in [2.24, 2.45) is 0 Å². The number of para-hydroxylation sites is 1. The van der Waals surface area contributed by atoms with Gasteiger partial charge in [-0.1, -0.05) is 17.7 Å². The zero-order chi connectivity index (χ0) is 10.1. The Morgan fingerprint density at radius 2 is 2.13 bits per heavy atom. The Hall–Kier alpha value is -1.19. The fraction of sp³-hybridized carbons (Fsp3) is 0.100. The van der Waals surface area contributed by atoms with E-state index in [0.29, 0.717) is 10.7 Å². The molecule has 0 aliphatic carbocycles. The van der Waals surface area contributed by atoms with Crippen LogP contribution in [0.25, 0.3) is 5.69 Å². The molecule has 0 amide bonds. The minimum absolute atomic E-state index is 0. The van der Waals surface area contributed by atoms with Crippen LogP contribution in [0.15, 0.2) is 30.6 Å². The Balaban J connectivity index is 0.00000112. The van der Waals surface area contributed by atoms with Gasteiger partial charge >= 0.3 is 0 Å². The van der Waals surface area contributed by atoms with Crippen molar-refractivity contribution in [2.45, 2.75) is 6.92 Å². The number of benzene rings is 1. The predicted molar refractivity (Wildman–Crippen MR) is 65.0 cm³/mol. The van der Waals surface area contributed by atoms with Crippen LogP contribution in [0.3, 0.4) is 0 Å². The lowest BCUT2D eigenvalue weighted by atomic mass is 10.3. The van der Waals surface area contributed by atoms with Gasteiger partial charge in [-0.05, 0) is 24.6 Å². The van der Waals surface area contributed by atoms with E-state index in [9.17, 15) is 0 Å². The van der Waals surface area contributed by atoms with Crippen molar-refractivity contribution in [3.63, 3.8) is 0 Å². The number of hydrogen-bond donors (Lipinski definition) is 1. The van der Waals surface area contributed by atoms with Gasteiger partial charge in [0, 0.05) is 6.20 Å². The third kappa shape index (κ3) is 2.25. The van der Waals surface area contributed by atoms with Crippen LogP contribution in [0.5, 0.6) is 0 Å². The zero-order valence-corrected chi connectivity index (χ0v) is 9.72. The second-order valence-electron chi connectivity index (χ2n) is 3.14. The molecule has 0 spiro atoms. The van der Waals surface area contributed by atoms with Gasteiger partial charge < -0.3 is 5.73 Å². The highest BCUT2D eigenvalue weighted by molar-refractivity contribution is 6.32. The Bertz CT molecular complexity index is 445. The van der Waals surface area contributed by atoms with E-state index in [1.807, 2.05) is 19.2 Å². The summed E-state index contributed by atoms with van der Waals surface area (Å²) in [5.41, 5.74) is 8.25. The molecule has 5 heteroatoms. The van der Waals surface area contributed by atoms with E-state index in [1.54, 1.807) is 23.0 Å². The average molecular weight is 244 g/mol. The molecule has 0 aliphatic rings. The number of anilines is 1. The lowest BCUT2D eigenvalue weighted by molar-refractivity contribution is 0.883. The number of halogens is 2. The topological polar surface area (TPSA) is 43.8 Å². The Labute approximate surface area is 99.3 Å². The molecule has 2 N–H and O–H groups in total. The normalized spacial score (nSPS) is 9.73. The minimum atomic E-state index is 0. The van der Waals surface area contributed by atoms with E-state index in [-0.39, 0.29) is 12.4 Å². The molecule has 0 atom stereocenters. The van der Waals surface area contributed by atoms with Crippen molar-refractivity contribution in [3.05, 3.63) is 41.2 Å². The van der Waals surface area contributed by atoms with E-state index in [0.717, 1.165) is 11.3 Å². The van der Waals surface area contributed by atoms with Crippen LogP contribution in [0, 0.1) is 6.92 Å². The van der Waals surface area contributed by atoms with E-state index >= 15 is 0 Å². The van der Waals surface area contributed by atoms with E-state index in [1.165, 1.54) is 0 Å². The average Bonchev–Trinajstić information content (AvgIpc) is 2.51. The molecular weight excluding hydrogens is 233 g/mol. The molecule has 2 rings (SSSR count). The van der Waals surface area contributed by atoms with Crippen LogP contribution in [-0.2, 0) is 0 Å². The molecule has 0 radical (unpaired) electrons. The third-order valence-corrected chi connectivity index (χ3v) is 2.26. The molecule has 2 aromatic rings. The summed E-state index contributed by atoms with van der Waals surface area (Å²) in [6.07, 6.45) is 3.65. The quantitative estimate of drug-likeness (QED) is 0.784. The minimum Gasteiger partial charge on any atom is -0.397 e. The third-order valence-electron chi connectivity index (χ3n) is 1.96. The molecule has 1 heterocycles. The molecule has 0 unspecified atom stereocenters. The first-order chi connectivity index (χ1) is 6.68. The summed E-state index contributed by atoms with van der Waals surface area (Å²) in [7, 11) is 0. The molecule has 15 heavy (non-hydrogen) atoms. The zero-order valence-electron chi connectivity index (χ0n) is 8.14. The highest BCUT2D eigenvalue weighted by atomic mass is 35.5. The van der Waals surface area contributed by atoms with Crippen LogP contribution in [0.4, 0.5) is 5.69 Å². The fourth-order valence-electron chi connectivity index (χ4n) is 1.31. The van der Waals surface area contributed by atoms with Gasteiger partial charge in [0.2, 0.25) is 0 Å². The van der Waals surface area contributed by atoms with Gasteiger partial charge in [-0.15, -0.1) is 12.4 Å². The molecule has 0 bridgehead atoms. The summed E-state index contributed by atoms with van der Waals surface area (Å²) >= 11 is 6.03. The number of nitrogens with two attached hydrogens (primary N) is 1. The highest BCUT2D eigenvalue weighted by Gasteiger charge is 2.06. The number of nitrogen functional groups attached to an aromatic ring is 1. The van der Waals surface area contributed by atoms with Gasteiger partial charge in [-0.25, -0.2) is 4.68 Å². The maximum atomic E-state index is 6.03. The van der Waals surface area contributed by atoms with Crippen molar-refractivity contribution >= 4 is 29.7 Å². The summed E-state index contributed by atoms with van der Waals surface area (Å²) < 4.78 is 1.69. The van der Waals surface area contributed by atoms with Crippen molar-refractivity contribution in [3.8, 4) is 5.69 Å². The summed E-state index contributed by atoms with van der Waals surface area (Å²) in [6.45, 7) is 1.97. The molecule has 80 valence electrons. The highest BCUT2D eigenvalue weighted by Crippen LogP contribution is 2.25. The van der Waals surface area contributed by atoms with Gasteiger partial charge in [-0.2, -0.15) is 5.10 Å². The monoisotopic (exact) mass is 243 g/mol. The Morgan fingerprint density at radius 3 is 2.67 bits per heavy atom. The largest absolute Gasteiger partial charge is 0.397 e. The van der Waals surface area contributed by atoms with Crippen LogP contribution in [-0.4, -0.2) is 9.78 Å². The molecular formula is C10H11Cl2N3. The molecule has 1 aromatic heterocycles. The first-order valence-corrected chi connectivity index (χ1v) is 4.62. The molecule has 0 aliphatic heterocycles. The Morgan fingerprint density at radius 1 is 1.40 bits per heavy atom. The summed E-state index contributed by atoms with van der Waals surface area (Å²) in [5.74, 6) is 0. The summed E-state index contributed by atoms with van der Waals surface area (Å²) in [5, 5.41) is 4.76. The van der Waals surface area contributed by atoms with Crippen molar-refractivity contribution in [1.29, 1.82) is 0 Å². The van der Waals surface area contributed by atoms with Gasteiger partial charge in [-0.3, -0.25) is 0 Å². The van der Waals surface area contributed by atoms with Crippen LogP contribution >= 0.6 is 24.0 Å². The smallest absolute Gasteiger partial charge is 0.106 e. The van der Waals surface area contributed by atoms with Crippen molar-refractivity contribution in [1.82, 2.24) is 9.78 Å². The lowest BCUT2D eigenvalue weighted by Gasteiger charge is -2.06. The van der Waals surface area contributed by atoms with Gasteiger partial charge in [0.05, 0.1) is 16.9 Å². The second kappa shape index (κ2) is 4.55. The number of hydrogen-bond acceptors (Lipinski definition) is 2. The maximum Gasteiger partial charge on any atom is 0.106 e. The van der Waals surface area contributed by atoms with E-state index in [4.69, 9.17) is 17.3 Å². The molecule has 3 nitrogen and oxygen atoms in total. The number of rotatable bonds is 1. The summed E-state index contributed by atoms with van der Waals surface area (Å²) in [4.78, 5) is 0. The summed E-state index contributed by atoms with van der Waals surface area (Å²) in [6, 6.07) is 5.42. The Kier molecular flexibility index (Phi) is 3.61. The van der Waals surface area contributed by atoms with Gasteiger partial charge in [0.1, 0.15) is 5.69 Å². The maximum absolute atomic E-state index is 6.03. The van der Waals surface area contributed by atoms with Gasteiger partial charge in [0.25, 0.3) is 0 Å². The SMILES string of the molecule is Cc1cnn(-c2c(N)cccc2Cl)c1.Cl. The van der Waals surface area contributed by atoms with Crippen LogP contribution in [0.2, 0.25) is 5.02 Å². The van der Waals surface area contributed by atoms with Crippen molar-refractivity contribution < 1.29 is 0 Å². The van der Waals surface area contributed by atoms with Crippen LogP contribution < -0.4 is 5.73 Å². The van der Waals surface area contributed by atoms with Crippen LogP contribution in [0.1, 0.15) is 5.56 Å². The van der Waals surface area contributed by atoms with E-state index < -0.39 is 0 Å². The fourth-order valence-corrected chi connectivity index (χ4v) is 1.58. The molecule has 0 fully saturated rings. The number of nitrogens with zero attached hydrogens (tertiary/aromatic N) is 2. The first kappa shape index (κ1) is 11.9. The molecule has 1 aromatic carbocycles.